The van der Waals surface area contributed by atoms with E-state index in [4.69, 9.17) is 5.11 Å². The van der Waals surface area contributed by atoms with Crippen LogP contribution < -0.4 is 5.32 Å². The summed E-state index contributed by atoms with van der Waals surface area (Å²) in [7, 11) is 0. The fraction of sp³-hybridized carbons (Fsp3) is 0.333. The number of benzene rings is 1. The molecule has 0 bridgehead atoms. The van der Waals surface area contributed by atoms with Gasteiger partial charge in [0, 0.05) is 11.4 Å². The fourth-order valence-electron chi connectivity index (χ4n) is 1.57. The minimum Gasteiger partial charge on any atom is -0.481 e. The first-order chi connectivity index (χ1) is 7.90. The van der Waals surface area contributed by atoms with Crippen LogP contribution in [-0.4, -0.2) is 17.0 Å². The van der Waals surface area contributed by atoms with Gasteiger partial charge in [0.1, 0.15) is 0 Å². The van der Waals surface area contributed by atoms with Crippen LogP contribution in [0.15, 0.2) is 22.7 Å². The van der Waals surface area contributed by atoms with Crippen LogP contribution in [0.1, 0.15) is 30.5 Å². The van der Waals surface area contributed by atoms with Crippen molar-refractivity contribution in [1.82, 2.24) is 5.32 Å². The molecule has 17 heavy (non-hydrogen) atoms. The second-order valence-electron chi connectivity index (χ2n) is 3.88. The maximum Gasteiger partial charge on any atom is 0.305 e. The van der Waals surface area contributed by atoms with Crippen LogP contribution in [0, 0.1) is 6.92 Å². The summed E-state index contributed by atoms with van der Waals surface area (Å²) in [6, 6.07) is 5.09. The van der Waals surface area contributed by atoms with Gasteiger partial charge < -0.3 is 10.4 Å². The molecule has 1 aromatic rings. The monoisotopic (exact) mass is 299 g/mol. The van der Waals surface area contributed by atoms with E-state index in [1.54, 1.807) is 0 Å². The summed E-state index contributed by atoms with van der Waals surface area (Å²) in [5.41, 5.74) is 1.84. The minimum atomic E-state index is -0.948. The Bertz CT molecular complexity index is 429. The topological polar surface area (TPSA) is 66.4 Å². The van der Waals surface area contributed by atoms with Gasteiger partial charge >= 0.3 is 5.97 Å². The van der Waals surface area contributed by atoms with Crippen molar-refractivity contribution in [2.24, 2.45) is 0 Å². The first-order valence-corrected chi connectivity index (χ1v) is 5.94. The lowest BCUT2D eigenvalue weighted by atomic mass is 10.0. The number of aliphatic carboxylic acids is 1. The highest BCUT2D eigenvalue weighted by atomic mass is 79.9. The van der Waals surface area contributed by atoms with Gasteiger partial charge in [-0.05, 0) is 24.1 Å². The normalized spacial score (nSPS) is 11.9. The SMILES string of the molecule is CC(=O)NC(CC(=O)O)c1ccc(C)cc1Br. The third-order valence-electron chi connectivity index (χ3n) is 2.29. The number of carbonyl (C=O) groups excluding carboxylic acids is 1. The molecule has 1 atom stereocenters. The zero-order chi connectivity index (χ0) is 13.0. The minimum absolute atomic E-state index is 0.138. The lowest BCUT2D eigenvalue weighted by Gasteiger charge is -2.18. The Labute approximate surface area is 108 Å². The molecule has 0 saturated heterocycles. The molecule has 92 valence electrons. The summed E-state index contributed by atoms with van der Waals surface area (Å²) in [4.78, 5) is 21.8. The summed E-state index contributed by atoms with van der Waals surface area (Å²) in [5.74, 6) is -1.19. The summed E-state index contributed by atoms with van der Waals surface area (Å²) < 4.78 is 0.803. The van der Waals surface area contributed by atoms with Crippen molar-refractivity contribution in [1.29, 1.82) is 0 Å². The van der Waals surface area contributed by atoms with E-state index in [-0.39, 0.29) is 12.3 Å². The summed E-state index contributed by atoms with van der Waals surface area (Å²) in [5, 5.41) is 11.5. The largest absolute Gasteiger partial charge is 0.481 e. The molecule has 0 aliphatic carbocycles. The molecule has 0 aliphatic rings. The Hall–Kier alpha value is -1.36. The Morgan fingerprint density at radius 3 is 2.59 bits per heavy atom. The smallest absolute Gasteiger partial charge is 0.305 e. The molecule has 0 aromatic heterocycles. The maximum absolute atomic E-state index is 11.1. The van der Waals surface area contributed by atoms with Crippen molar-refractivity contribution in [3.63, 3.8) is 0 Å². The number of hydrogen-bond acceptors (Lipinski definition) is 2. The quantitative estimate of drug-likeness (QED) is 0.897. The Morgan fingerprint density at radius 2 is 2.12 bits per heavy atom. The number of halogens is 1. The van der Waals surface area contributed by atoms with Gasteiger partial charge in [0.15, 0.2) is 0 Å². The average molecular weight is 300 g/mol. The van der Waals surface area contributed by atoms with Crippen LogP contribution in [0.2, 0.25) is 0 Å². The first-order valence-electron chi connectivity index (χ1n) is 5.15. The highest BCUT2D eigenvalue weighted by molar-refractivity contribution is 9.10. The average Bonchev–Trinajstić information content (AvgIpc) is 2.14. The van der Waals surface area contributed by atoms with Crippen LogP contribution in [0.5, 0.6) is 0 Å². The number of carboxylic acid groups (broad SMARTS) is 1. The van der Waals surface area contributed by atoms with E-state index in [0.717, 1.165) is 15.6 Å². The summed E-state index contributed by atoms with van der Waals surface area (Å²) >= 11 is 3.38. The van der Waals surface area contributed by atoms with Crippen molar-refractivity contribution < 1.29 is 14.7 Å². The fourth-order valence-corrected chi connectivity index (χ4v) is 2.34. The van der Waals surface area contributed by atoms with E-state index in [1.165, 1.54) is 6.92 Å². The molecule has 0 aliphatic heterocycles. The lowest BCUT2D eigenvalue weighted by molar-refractivity contribution is -0.137. The standard InChI is InChI=1S/C12H14BrNO3/c1-7-3-4-9(10(13)5-7)11(6-12(16)17)14-8(2)15/h3-5,11H,6H2,1-2H3,(H,14,15)(H,16,17). The van der Waals surface area contributed by atoms with Crippen molar-refractivity contribution >= 4 is 27.8 Å². The highest BCUT2D eigenvalue weighted by Gasteiger charge is 2.18. The number of nitrogens with one attached hydrogen (secondary N) is 1. The van der Waals surface area contributed by atoms with Gasteiger partial charge in [0.05, 0.1) is 12.5 Å². The van der Waals surface area contributed by atoms with Crippen LogP contribution in [0.4, 0.5) is 0 Å². The molecule has 0 radical (unpaired) electrons. The molecule has 0 fully saturated rings. The van der Waals surface area contributed by atoms with Gasteiger partial charge in [-0.3, -0.25) is 9.59 Å². The Morgan fingerprint density at radius 1 is 1.47 bits per heavy atom. The van der Waals surface area contributed by atoms with Crippen molar-refractivity contribution in [3.05, 3.63) is 33.8 Å². The zero-order valence-electron chi connectivity index (χ0n) is 9.66. The number of hydrogen-bond donors (Lipinski definition) is 2. The number of carbonyl (C=O) groups is 2. The van der Waals surface area contributed by atoms with E-state index < -0.39 is 12.0 Å². The van der Waals surface area contributed by atoms with Crippen molar-refractivity contribution in [2.45, 2.75) is 26.3 Å². The number of amides is 1. The molecular weight excluding hydrogens is 286 g/mol. The highest BCUT2D eigenvalue weighted by Crippen LogP contribution is 2.26. The molecule has 0 heterocycles. The predicted octanol–water partition coefficient (Wildman–Crippen LogP) is 2.41. The molecule has 1 rings (SSSR count). The van der Waals surface area contributed by atoms with Gasteiger partial charge in [-0.1, -0.05) is 28.1 Å². The summed E-state index contributed by atoms with van der Waals surface area (Å²) in [6.07, 6.45) is -0.138. The second-order valence-corrected chi connectivity index (χ2v) is 4.73. The van der Waals surface area contributed by atoms with Crippen molar-refractivity contribution in [3.8, 4) is 0 Å². The van der Waals surface area contributed by atoms with Crippen molar-refractivity contribution in [2.75, 3.05) is 0 Å². The van der Waals surface area contributed by atoms with Crippen LogP contribution >= 0.6 is 15.9 Å². The Kier molecular flexibility index (Phi) is 4.69. The molecular formula is C12H14BrNO3. The van der Waals surface area contributed by atoms with Crippen LogP contribution in [-0.2, 0) is 9.59 Å². The van der Waals surface area contributed by atoms with E-state index >= 15 is 0 Å². The zero-order valence-corrected chi connectivity index (χ0v) is 11.2. The van der Waals surface area contributed by atoms with Gasteiger partial charge in [0.2, 0.25) is 5.91 Å². The van der Waals surface area contributed by atoms with Gasteiger partial charge in [0.25, 0.3) is 0 Å². The van der Waals surface area contributed by atoms with Gasteiger partial charge in [-0.2, -0.15) is 0 Å². The first kappa shape index (κ1) is 13.7. The third kappa shape index (κ3) is 4.19. The van der Waals surface area contributed by atoms with Crippen LogP contribution in [0.25, 0.3) is 0 Å². The van der Waals surface area contributed by atoms with E-state index in [2.05, 4.69) is 21.2 Å². The van der Waals surface area contributed by atoms with E-state index in [0.29, 0.717) is 0 Å². The lowest BCUT2D eigenvalue weighted by Crippen LogP contribution is -2.28. The van der Waals surface area contributed by atoms with E-state index in [1.807, 2.05) is 25.1 Å². The molecule has 0 saturated carbocycles. The van der Waals surface area contributed by atoms with Gasteiger partial charge in [-0.25, -0.2) is 0 Å². The molecule has 5 heteroatoms. The molecule has 1 aromatic carbocycles. The van der Waals surface area contributed by atoms with Crippen LogP contribution in [0.3, 0.4) is 0 Å². The second kappa shape index (κ2) is 5.82. The Balaban J connectivity index is 3.02. The molecule has 2 N–H and O–H groups in total. The number of rotatable bonds is 4. The molecule has 4 nitrogen and oxygen atoms in total. The maximum atomic E-state index is 11.1. The molecule has 1 amide bonds. The van der Waals surface area contributed by atoms with Gasteiger partial charge in [-0.15, -0.1) is 0 Å². The molecule has 0 spiro atoms. The molecule has 1 unspecified atom stereocenters. The predicted molar refractivity (Wildman–Crippen MR) is 67.7 cm³/mol. The number of carboxylic acids is 1. The van der Waals surface area contributed by atoms with E-state index in [9.17, 15) is 9.59 Å². The summed E-state index contributed by atoms with van der Waals surface area (Å²) in [6.45, 7) is 3.32. The third-order valence-corrected chi connectivity index (χ3v) is 2.97. The number of aryl methyl sites for hydroxylation is 1.